The van der Waals surface area contributed by atoms with E-state index in [4.69, 9.17) is 16.7 Å². The summed E-state index contributed by atoms with van der Waals surface area (Å²) in [6.45, 7) is 0.504. The van der Waals surface area contributed by atoms with E-state index in [0.29, 0.717) is 13.0 Å². The van der Waals surface area contributed by atoms with Crippen LogP contribution >= 0.6 is 11.6 Å². The number of carboxylic acids is 1. The Hall–Kier alpha value is -1.82. The molecule has 0 saturated carbocycles. The number of likely N-dealkylation sites (tertiary alicyclic amines) is 1. The molecule has 5 nitrogen and oxygen atoms in total. The first-order valence-electron chi connectivity index (χ1n) is 5.72. The fourth-order valence-corrected chi connectivity index (χ4v) is 2.11. The number of anilines is 1. The van der Waals surface area contributed by atoms with Crippen molar-refractivity contribution in [3.05, 3.63) is 29.0 Å². The quantitative estimate of drug-likeness (QED) is 0.877. The van der Waals surface area contributed by atoms with Gasteiger partial charge in [0.25, 0.3) is 0 Å². The largest absolute Gasteiger partial charge is 0.481 e. The summed E-state index contributed by atoms with van der Waals surface area (Å²) in [5, 5.41) is 11.2. The molecule has 1 aliphatic rings. The Bertz CT molecular complexity index is 524. The fourth-order valence-electron chi connectivity index (χ4n) is 1.94. The van der Waals surface area contributed by atoms with E-state index < -0.39 is 23.7 Å². The Morgan fingerprint density at radius 3 is 2.84 bits per heavy atom. The van der Waals surface area contributed by atoms with Gasteiger partial charge >= 0.3 is 12.0 Å². The first-order valence-corrected chi connectivity index (χ1v) is 6.09. The number of carbonyl (C=O) groups excluding carboxylic acids is 1. The standard InChI is InChI=1S/C12H12ClFN2O3/c13-10-8(14)2-1-3-9(10)15-12(19)16-5-4-7(6-16)11(17)18/h1-3,7H,4-6H2,(H,15,19)(H,17,18). The molecular weight excluding hydrogens is 275 g/mol. The molecule has 19 heavy (non-hydrogen) atoms. The van der Waals surface area contributed by atoms with Gasteiger partial charge in [-0.25, -0.2) is 9.18 Å². The Morgan fingerprint density at radius 2 is 2.21 bits per heavy atom. The number of benzene rings is 1. The van der Waals surface area contributed by atoms with E-state index in [1.165, 1.54) is 23.1 Å². The van der Waals surface area contributed by atoms with Crippen molar-refractivity contribution < 1.29 is 19.1 Å². The molecule has 2 N–H and O–H groups in total. The van der Waals surface area contributed by atoms with E-state index in [1.807, 2.05) is 0 Å². The van der Waals surface area contributed by atoms with Crippen LogP contribution < -0.4 is 5.32 Å². The summed E-state index contributed by atoms with van der Waals surface area (Å²) >= 11 is 5.72. The van der Waals surface area contributed by atoms with Gasteiger partial charge in [-0.3, -0.25) is 4.79 Å². The molecule has 0 aliphatic carbocycles. The van der Waals surface area contributed by atoms with Crippen LogP contribution in [0.15, 0.2) is 18.2 Å². The molecule has 0 aromatic heterocycles. The van der Waals surface area contributed by atoms with E-state index in [2.05, 4.69) is 5.32 Å². The lowest BCUT2D eigenvalue weighted by molar-refractivity contribution is -0.141. The highest BCUT2D eigenvalue weighted by Crippen LogP contribution is 2.25. The normalized spacial score (nSPS) is 18.4. The van der Waals surface area contributed by atoms with Crippen LogP contribution in [0, 0.1) is 11.7 Å². The number of hydrogen-bond acceptors (Lipinski definition) is 2. The summed E-state index contributed by atoms with van der Waals surface area (Å²) in [6, 6.07) is 3.62. The molecule has 0 spiro atoms. The molecule has 1 aliphatic heterocycles. The molecule has 1 heterocycles. The minimum atomic E-state index is -0.918. The molecule has 1 aromatic rings. The zero-order chi connectivity index (χ0) is 14.0. The fraction of sp³-hybridized carbons (Fsp3) is 0.333. The highest BCUT2D eigenvalue weighted by molar-refractivity contribution is 6.33. The third-order valence-electron chi connectivity index (χ3n) is 3.02. The van der Waals surface area contributed by atoms with Crippen LogP contribution in [0.5, 0.6) is 0 Å². The third kappa shape index (κ3) is 2.96. The topological polar surface area (TPSA) is 69.6 Å². The minimum Gasteiger partial charge on any atom is -0.481 e. The van der Waals surface area contributed by atoms with Gasteiger partial charge in [-0.05, 0) is 18.6 Å². The van der Waals surface area contributed by atoms with Crippen LogP contribution in [0.1, 0.15) is 6.42 Å². The average molecular weight is 287 g/mol. The van der Waals surface area contributed by atoms with Crippen molar-refractivity contribution in [1.29, 1.82) is 0 Å². The summed E-state index contributed by atoms with van der Waals surface area (Å²) in [5.41, 5.74) is 0.172. The van der Waals surface area contributed by atoms with E-state index in [-0.39, 0.29) is 17.3 Å². The van der Waals surface area contributed by atoms with Gasteiger partial charge in [0.2, 0.25) is 0 Å². The van der Waals surface area contributed by atoms with Crippen LogP contribution in [-0.4, -0.2) is 35.1 Å². The molecule has 1 unspecified atom stereocenters. The lowest BCUT2D eigenvalue weighted by Gasteiger charge is -2.17. The van der Waals surface area contributed by atoms with Crippen molar-refractivity contribution in [3.63, 3.8) is 0 Å². The van der Waals surface area contributed by atoms with Crippen LogP contribution in [0.2, 0.25) is 5.02 Å². The molecule has 1 fully saturated rings. The second kappa shape index (κ2) is 5.44. The van der Waals surface area contributed by atoms with E-state index in [0.717, 1.165) is 0 Å². The van der Waals surface area contributed by atoms with Crippen LogP contribution in [0.3, 0.4) is 0 Å². The molecule has 0 bridgehead atoms. The van der Waals surface area contributed by atoms with Gasteiger partial charge in [0.1, 0.15) is 5.82 Å². The maximum absolute atomic E-state index is 13.2. The number of carbonyl (C=O) groups is 2. The Kier molecular flexibility index (Phi) is 3.90. The van der Waals surface area contributed by atoms with E-state index in [9.17, 15) is 14.0 Å². The first kappa shape index (κ1) is 13.6. The van der Waals surface area contributed by atoms with Gasteiger partial charge in [-0.1, -0.05) is 17.7 Å². The first-order chi connectivity index (χ1) is 8.99. The Labute approximate surface area is 114 Å². The molecule has 2 amide bonds. The minimum absolute atomic E-state index is 0.147. The number of hydrogen-bond donors (Lipinski definition) is 2. The van der Waals surface area contributed by atoms with Crippen LogP contribution in [0.25, 0.3) is 0 Å². The summed E-state index contributed by atoms with van der Waals surface area (Å²) < 4.78 is 13.2. The van der Waals surface area contributed by atoms with Gasteiger partial charge < -0.3 is 15.3 Å². The summed E-state index contributed by atoms with van der Waals surface area (Å²) in [6.07, 6.45) is 0.416. The second-order valence-corrected chi connectivity index (χ2v) is 4.68. The summed E-state index contributed by atoms with van der Waals surface area (Å²) in [4.78, 5) is 24.1. The van der Waals surface area contributed by atoms with Crippen molar-refractivity contribution >= 4 is 29.3 Å². The maximum Gasteiger partial charge on any atom is 0.321 e. The predicted octanol–water partition coefficient (Wildman–Crippen LogP) is 2.42. The maximum atomic E-state index is 13.2. The number of aliphatic carboxylic acids is 1. The van der Waals surface area contributed by atoms with E-state index in [1.54, 1.807) is 0 Å². The third-order valence-corrected chi connectivity index (χ3v) is 3.40. The van der Waals surface area contributed by atoms with Gasteiger partial charge in [0.05, 0.1) is 16.6 Å². The van der Waals surface area contributed by atoms with Crippen molar-refractivity contribution in [3.8, 4) is 0 Å². The number of rotatable bonds is 2. The zero-order valence-corrected chi connectivity index (χ0v) is 10.7. The monoisotopic (exact) mass is 286 g/mol. The summed E-state index contributed by atoms with van der Waals surface area (Å²) in [5.74, 6) is -2.09. The van der Waals surface area contributed by atoms with Crippen molar-refractivity contribution in [2.24, 2.45) is 5.92 Å². The van der Waals surface area contributed by atoms with Gasteiger partial charge in [-0.2, -0.15) is 0 Å². The number of carboxylic acid groups (broad SMARTS) is 1. The van der Waals surface area contributed by atoms with Crippen molar-refractivity contribution in [1.82, 2.24) is 4.90 Å². The van der Waals surface area contributed by atoms with Gasteiger partial charge in [0, 0.05) is 13.1 Å². The molecule has 0 radical (unpaired) electrons. The molecule has 2 rings (SSSR count). The molecule has 1 aromatic carbocycles. The molecule has 1 atom stereocenters. The molecule has 7 heteroatoms. The Balaban J connectivity index is 2.02. The average Bonchev–Trinajstić information content (AvgIpc) is 2.84. The second-order valence-electron chi connectivity index (χ2n) is 4.30. The lowest BCUT2D eigenvalue weighted by Crippen LogP contribution is -2.33. The zero-order valence-electron chi connectivity index (χ0n) is 9.90. The molecule has 102 valence electrons. The molecule has 1 saturated heterocycles. The highest BCUT2D eigenvalue weighted by atomic mass is 35.5. The van der Waals surface area contributed by atoms with Crippen molar-refractivity contribution in [2.75, 3.05) is 18.4 Å². The molecular formula is C12H12ClFN2O3. The lowest BCUT2D eigenvalue weighted by atomic mass is 10.1. The van der Waals surface area contributed by atoms with Gasteiger partial charge in [0.15, 0.2) is 0 Å². The number of nitrogens with one attached hydrogen (secondary N) is 1. The van der Waals surface area contributed by atoms with Gasteiger partial charge in [-0.15, -0.1) is 0 Å². The number of amides is 2. The van der Waals surface area contributed by atoms with Crippen LogP contribution in [0.4, 0.5) is 14.9 Å². The summed E-state index contributed by atoms with van der Waals surface area (Å²) in [7, 11) is 0. The number of urea groups is 1. The SMILES string of the molecule is O=C(O)C1CCN(C(=O)Nc2cccc(F)c2Cl)C1. The van der Waals surface area contributed by atoms with Crippen molar-refractivity contribution in [2.45, 2.75) is 6.42 Å². The van der Waals surface area contributed by atoms with Crippen LogP contribution in [-0.2, 0) is 4.79 Å². The Morgan fingerprint density at radius 1 is 1.47 bits per heavy atom. The number of nitrogens with zero attached hydrogens (tertiary/aromatic N) is 1. The predicted molar refractivity (Wildman–Crippen MR) is 67.7 cm³/mol. The number of halogens is 2. The highest BCUT2D eigenvalue weighted by Gasteiger charge is 2.31. The van der Waals surface area contributed by atoms with E-state index >= 15 is 0 Å². The smallest absolute Gasteiger partial charge is 0.321 e.